The van der Waals surface area contributed by atoms with Gasteiger partial charge in [0.25, 0.3) is 0 Å². The van der Waals surface area contributed by atoms with Crippen LogP contribution in [0.4, 0.5) is 11.9 Å². The lowest BCUT2D eigenvalue weighted by Gasteiger charge is -2.09. The van der Waals surface area contributed by atoms with E-state index in [0.29, 0.717) is 25.0 Å². The number of nitrogens with one attached hydrogen (secondary N) is 2. The summed E-state index contributed by atoms with van der Waals surface area (Å²) in [5, 5.41) is 3.08. The van der Waals surface area contributed by atoms with Gasteiger partial charge in [-0.1, -0.05) is 13.3 Å². The minimum Gasteiger partial charge on any atom is -0.380 e. The van der Waals surface area contributed by atoms with Gasteiger partial charge in [-0.15, -0.1) is 0 Å². The summed E-state index contributed by atoms with van der Waals surface area (Å²) in [6, 6.07) is 0. The van der Waals surface area contributed by atoms with Crippen LogP contribution in [0.25, 0.3) is 5.95 Å². The van der Waals surface area contributed by atoms with Gasteiger partial charge in [0.05, 0.1) is 6.61 Å². The average Bonchev–Trinajstić information content (AvgIpc) is 3.05. The molecule has 9 heteroatoms. The van der Waals surface area contributed by atoms with E-state index in [1.54, 1.807) is 23.3 Å². The maximum Gasteiger partial charge on any atom is 0.243 e. The van der Waals surface area contributed by atoms with Crippen molar-refractivity contribution < 1.29 is 4.74 Å². The van der Waals surface area contributed by atoms with E-state index < -0.39 is 0 Å². The monoisotopic (exact) mass is 292 g/mol. The lowest BCUT2D eigenvalue weighted by atomic mass is 10.4. The number of aromatic nitrogens is 5. The van der Waals surface area contributed by atoms with Gasteiger partial charge in [0.1, 0.15) is 6.33 Å². The van der Waals surface area contributed by atoms with Crippen molar-refractivity contribution in [2.75, 3.05) is 30.5 Å². The van der Waals surface area contributed by atoms with Crippen molar-refractivity contribution in [3.63, 3.8) is 0 Å². The minimum atomic E-state index is 0.281. The first-order valence-corrected chi connectivity index (χ1v) is 6.86. The number of imidazole rings is 1. The largest absolute Gasteiger partial charge is 0.380 e. The Bertz CT molecular complexity index is 530. The number of hydrogen-bond acceptors (Lipinski definition) is 8. The van der Waals surface area contributed by atoms with E-state index in [1.165, 1.54) is 0 Å². The van der Waals surface area contributed by atoms with Gasteiger partial charge in [0.15, 0.2) is 0 Å². The van der Waals surface area contributed by atoms with Gasteiger partial charge < -0.3 is 10.1 Å². The maximum absolute atomic E-state index is 5.47. The molecule has 0 aliphatic rings. The number of nitrogens with two attached hydrogens (primary N) is 1. The molecule has 0 saturated heterocycles. The number of ether oxygens (including phenoxy) is 1. The van der Waals surface area contributed by atoms with Crippen LogP contribution in [0.5, 0.6) is 0 Å². The van der Waals surface area contributed by atoms with Crippen LogP contribution < -0.4 is 16.6 Å². The van der Waals surface area contributed by atoms with Gasteiger partial charge in [-0.2, -0.15) is 15.0 Å². The van der Waals surface area contributed by atoms with E-state index in [1.807, 2.05) is 0 Å². The number of nitrogens with zero attached hydrogens (tertiary/aromatic N) is 5. The van der Waals surface area contributed by atoms with Crippen molar-refractivity contribution in [1.82, 2.24) is 24.5 Å². The van der Waals surface area contributed by atoms with Crippen LogP contribution in [0.2, 0.25) is 0 Å². The summed E-state index contributed by atoms with van der Waals surface area (Å²) in [5.74, 6) is 6.52. The van der Waals surface area contributed by atoms with Gasteiger partial charge in [0, 0.05) is 25.5 Å². The summed E-state index contributed by atoms with van der Waals surface area (Å²) < 4.78 is 7.14. The first-order valence-electron chi connectivity index (χ1n) is 6.86. The molecule has 0 radical (unpaired) electrons. The lowest BCUT2D eigenvalue weighted by molar-refractivity contribution is 0.141. The van der Waals surface area contributed by atoms with Crippen LogP contribution in [0.3, 0.4) is 0 Å². The van der Waals surface area contributed by atoms with Crippen LogP contribution in [-0.4, -0.2) is 44.3 Å². The molecule has 2 aromatic rings. The minimum absolute atomic E-state index is 0.281. The molecule has 2 rings (SSSR count). The van der Waals surface area contributed by atoms with Crippen LogP contribution >= 0.6 is 0 Å². The van der Waals surface area contributed by atoms with Crippen molar-refractivity contribution >= 4 is 11.9 Å². The Morgan fingerprint density at radius 2 is 2.10 bits per heavy atom. The number of hydrogen-bond donors (Lipinski definition) is 3. The first-order chi connectivity index (χ1) is 10.3. The summed E-state index contributed by atoms with van der Waals surface area (Å²) in [4.78, 5) is 16.5. The molecule has 0 fully saturated rings. The third kappa shape index (κ3) is 4.65. The van der Waals surface area contributed by atoms with E-state index in [4.69, 9.17) is 10.6 Å². The summed E-state index contributed by atoms with van der Waals surface area (Å²) in [7, 11) is 0. The molecule has 0 amide bonds. The van der Waals surface area contributed by atoms with E-state index >= 15 is 0 Å². The molecule has 2 aromatic heterocycles. The molecule has 0 aliphatic carbocycles. The van der Waals surface area contributed by atoms with Crippen molar-refractivity contribution in [3.05, 3.63) is 18.7 Å². The summed E-state index contributed by atoms with van der Waals surface area (Å²) in [6.45, 7) is 4.11. The topological polar surface area (TPSA) is 116 Å². The second kappa shape index (κ2) is 8.12. The SMILES string of the molecule is CCCCOCCNc1nc(NN)nc(-n2ccnc2)n1. The molecule has 114 valence electrons. The molecule has 0 aliphatic heterocycles. The molecular formula is C12H20N8O. The molecular weight excluding hydrogens is 272 g/mol. The molecule has 0 aromatic carbocycles. The predicted molar refractivity (Wildman–Crippen MR) is 79.0 cm³/mol. The molecule has 2 heterocycles. The second-order valence-corrected chi connectivity index (χ2v) is 4.29. The molecule has 9 nitrogen and oxygen atoms in total. The Kier molecular flexibility index (Phi) is 5.85. The highest BCUT2D eigenvalue weighted by Gasteiger charge is 2.06. The zero-order chi connectivity index (χ0) is 14.9. The number of nitrogen functional groups attached to an aromatic ring is 1. The Labute approximate surface area is 122 Å². The van der Waals surface area contributed by atoms with Crippen LogP contribution in [-0.2, 0) is 4.74 Å². The fourth-order valence-electron chi connectivity index (χ4n) is 1.58. The Morgan fingerprint density at radius 1 is 1.24 bits per heavy atom. The summed E-state index contributed by atoms with van der Waals surface area (Å²) >= 11 is 0. The maximum atomic E-state index is 5.47. The van der Waals surface area contributed by atoms with E-state index in [9.17, 15) is 0 Å². The van der Waals surface area contributed by atoms with E-state index in [0.717, 1.165) is 19.4 Å². The molecule has 0 atom stereocenters. The van der Waals surface area contributed by atoms with Gasteiger partial charge >= 0.3 is 0 Å². The number of rotatable bonds is 9. The Balaban J connectivity index is 1.94. The zero-order valence-electron chi connectivity index (χ0n) is 12.0. The Morgan fingerprint density at radius 3 is 2.81 bits per heavy atom. The lowest BCUT2D eigenvalue weighted by Crippen LogP contribution is -2.17. The van der Waals surface area contributed by atoms with E-state index in [-0.39, 0.29) is 5.95 Å². The molecule has 4 N–H and O–H groups in total. The van der Waals surface area contributed by atoms with Crippen molar-refractivity contribution in [2.45, 2.75) is 19.8 Å². The molecule has 0 spiro atoms. The fraction of sp³-hybridized carbons (Fsp3) is 0.500. The van der Waals surface area contributed by atoms with Crippen LogP contribution in [0.15, 0.2) is 18.7 Å². The second-order valence-electron chi connectivity index (χ2n) is 4.29. The summed E-state index contributed by atoms with van der Waals surface area (Å²) in [5.41, 5.74) is 2.42. The van der Waals surface area contributed by atoms with Crippen molar-refractivity contribution in [2.24, 2.45) is 5.84 Å². The quantitative estimate of drug-likeness (QED) is 0.349. The van der Waals surface area contributed by atoms with Gasteiger partial charge in [-0.25, -0.2) is 10.8 Å². The number of unbranched alkanes of at least 4 members (excludes halogenated alkanes) is 1. The molecule has 0 saturated carbocycles. The standard InChI is InChI=1S/C12H20N8O/c1-2-3-7-21-8-5-15-10-16-11(19-13)18-12(17-10)20-6-4-14-9-20/h4,6,9H,2-3,5,7-8,13H2,1H3,(H2,15,16,17,18,19). The Hall–Kier alpha value is -2.26. The van der Waals surface area contributed by atoms with Crippen molar-refractivity contribution in [1.29, 1.82) is 0 Å². The van der Waals surface area contributed by atoms with Crippen molar-refractivity contribution in [3.8, 4) is 5.95 Å². The van der Waals surface area contributed by atoms with Gasteiger partial charge in [-0.05, 0) is 6.42 Å². The van der Waals surface area contributed by atoms with Crippen LogP contribution in [0.1, 0.15) is 19.8 Å². The highest BCUT2D eigenvalue weighted by atomic mass is 16.5. The van der Waals surface area contributed by atoms with Gasteiger partial charge in [0.2, 0.25) is 17.8 Å². The molecule has 21 heavy (non-hydrogen) atoms. The van der Waals surface area contributed by atoms with Gasteiger partial charge in [-0.3, -0.25) is 9.99 Å². The zero-order valence-corrected chi connectivity index (χ0v) is 12.0. The van der Waals surface area contributed by atoms with E-state index in [2.05, 4.69) is 37.6 Å². The smallest absolute Gasteiger partial charge is 0.243 e. The normalized spacial score (nSPS) is 10.6. The first kappa shape index (κ1) is 15.1. The molecule has 0 bridgehead atoms. The highest BCUT2D eigenvalue weighted by Crippen LogP contribution is 2.08. The summed E-state index contributed by atoms with van der Waals surface area (Å²) in [6.07, 6.45) is 7.19. The number of hydrazine groups is 1. The predicted octanol–water partition coefficient (Wildman–Crippen LogP) is 0.572. The average molecular weight is 292 g/mol. The third-order valence-electron chi connectivity index (χ3n) is 2.66. The highest BCUT2D eigenvalue weighted by molar-refractivity contribution is 5.37. The molecule has 0 unspecified atom stereocenters. The number of anilines is 2. The van der Waals surface area contributed by atoms with Crippen LogP contribution in [0, 0.1) is 0 Å². The fourth-order valence-corrected chi connectivity index (χ4v) is 1.58. The third-order valence-corrected chi connectivity index (χ3v) is 2.66.